The van der Waals surface area contributed by atoms with E-state index in [2.05, 4.69) is 10.6 Å². The summed E-state index contributed by atoms with van der Waals surface area (Å²) in [5, 5.41) is 16.7. The third-order valence-corrected chi connectivity index (χ3v) is 5.59. The molecule has 0 spiro atoms. The summed E-state index contributed by atoms with van der Waals surface area (Å²) in [4.78, 5) is 34.0. The first-order valence-electron chi connectivity index (χ1n) is 8.75. The van der Waals surface area contributed by atoms with Gasteiger partial charge in [-0.15, -0.1) is 0 Å². The van der Waals surface area contributed by atoms with Crippen LogP contribution in [0.2, 0.25) is 5.02 Å². The molecule has 0 unspecified atom stereocenters. The van der Waals surface area contributed by atoms with Gasteiger partial charge in [0.2, 0.25) is 10.0 Å². The average molecular weight is 471 g/mol. The van der Waals surface area contributed by atoms with Crippen molar-refractivity contribution in [3.63, 3.8) is 0 Å². The molecule has 2 rings (SSSR count). The maximum absolute atomic E-state index is 12.3. The molecule has 0 saturated heterocycles. The standard InChI is InChI=1S/C18H19ClN4O7S/c1-11(18(25)22-13-5-3-12(19)4-6-13)30-17(24)10-21-31(28,29)14-7-8-15(20-2)16(9-14)23(26)27/h3-9,11,20-21H,10H2,1-2H3,(H,22,25)/t11-/m0/s1. The number of rotatable bonds is 9. The number of nitrogens with one attached hydrogen (secondary N) is 3. The van der Waals surface area contributed by atoms with Gasteiger partial charge in [-0.1, -0.05) is 11.6 Å². The number of nitro groups is 1. The molecule has 0 aliphatic heterocycles. The highest BCUT2D eigenvalue weighted by atomic mass is 35.5. The minimum absolute atomic E-state index is 0.129. The molecule has 3 N–H and O–H groups in total. The number of benzene rings is 2. The van der Waals surface area contributed by atoms with E-state index in [0.717, 1.165) is 12.1 Å². The lowest BCUT2D eigenvalue weighted by Crippen LogP contribution is -2.35. The number of nitrogens with zero attached hydrogens (tertiary/aromatic N) is 1. The number of esters is 1. The van der Waals surface area contributed by atoms with Crippen LogP contribution >= 0.6 is 11.6 Å². The molecular weight excluding hydrogens is 452 g/mol. The number of ether oxygens (including phenoxy) is 1. The third-order valence-electron chi connectivity index (χ3n) is 3.94. The van der Waals surface area contributed by atoms with E-state index in [4.69, 9.17) is 16.3 Å². The Kier molecular flexibility index (Phi) is 7.91. The van der Waals surface area contributed by atoms with Crippen molar-refractivity contribution in [1.82, 2.24) is 4.72 Å². The summed E-state index contributed by atoms with van der Waals surface area (Å²) in [6, 6.07) is 9.49. The van der Waals surface area contributed by atoms with Gasteiger partial charge in [-0.3, -0.25) is 19.7 Å². The fourth-order valence-corrected chi connectivity index (χ4v) is 3.46. The Morgan fingerprint density at radius 1 is 1.19 bits per heavy atom. The van der Waals surface area contributed by atoms with Crippen LogP contribution in [0.4, 0.5) is 17.1 Å². The summed E-state index contributed by atoms with van der Waals surface area (Å²) in [5.74, 6) is -1.64. The molecule has 0 fully saturated rings. The second kappa shape index (κ2) is 10.2. The van der Waals surface area contributed by atoms with Gasteiger partial charge < -0.3 is 15.4 Å². The zero-order valence-corrected chi connectivity index (χ0v) is 18.0. The lowest BCUT2D eigenvalue weighted by atomic mass is 10.3. The molecule has 0 heterocycles. The van der Waals surface area contributed by atoms with Gasteiger partial charge in [0.1, 0.15) is 12.2 Å². The van der Waals surface area contributed by atoms with Crippen LogP contribution in [0.3, 0.4) is 0 Å². The number of carbonyl (C=O) groups is 2. The summed E-state index contributed by atoms with van der Waals surface area (Å²) in [6.45, 7) is 0.542. The Hall–Kier alpha value is -3.22. The summed E-state index contributed by atoms with van der Waals surface area (Å²) in [5.41, 5.74) is 0.119. The monoisotopic (exact) mass is 470 g/mol. The lowest BCUT2D eigenvalue weighted by molar-refractivity contribution is -0.384. The van der Waals surface area contributed by atoms with Gasteiger partial charge >= 0.3 is 5.97 Å². The molecule has 0 radical (unpaired) electrons. The zero-order chi connectivity index (χ0) is 23.2. The first kappa shape index (κ1) is 24.1. The fraction of sp³-hybridized carbons (Fsp3) is 0.222. The third kappa shape index (κ3) is 6.64. The van der Waals surface area contributed by atoms with Crippen LogP contribution in [0.15, 0.2) is 47.4 Å². The van der Waals surface area contributed by atoms with Gasteiger partial charge in [-0.25, -0.2) is 8.42 Å². The molecule has 13 heteroatoms. The summed E-state index contributed by atoms with van der Waals surface area (Å²) in [7, 11) is -2.79. The number of halogens is 1. The Bertz CT molecular complexity index is 1090. The highest BCUT2D eigenvalue weighted by Gasteiger charge is 2.23. The van der Waals surface area contributed by atoms with Crippen molar-refractivity contribution in [1.29, 1.82) is 0 Å². The maximum Gasteiger partial charge on any atom is 0.321 e. The van der Waals surface area contributed by atoms with Crippen LogP contribution in [0.25, 0.3) is 0 Å². The first-order chi connectivity index (χ1) is 14.5. The highest BCUT2D eigenvalue weighted by Crippen LogP contribution is 2.27. The van der Waals surface area contributed by atoms with Crippen LogP contribution in [0, 0.1) is 10.1 Å². The topological polar surface area (TPSA) is 157 Å². The Morgan fingerprint density at radius 3 is 2.42 bits per heavy atom. The Labute approximate surface area is 182 Å². The minimum Gasteiger partial charge on any atom is -0.452 e. The van der Waals surface area contributed by atoms with Crippen LogP contribution < -0.4 is 15.4 Å². The molecule has 2 aromatic carbocycles. The maximum atomic E-state index is 12.3. The van der Waals surface area contributed by atoms with Crippen LogP contribution in [0.1, 0.15) is 6.92 Å². The SMILES string of the molecule is CNc1ccc(S(=O)(=O)NCC(=O)O[C@@H](C)C(=O)Nc2ccc(Cl)cc2)cc1[N+](=O)[O-]. The van der Waals surface area contributed by atoms with Crippen LogP contribution in [0.5, 0.6) is 0 Å². The largest absolute Gasteiger partial charge is 0.452 e. The molecule has 2 aromatic rings. The van der Waals surface area contributed by atoms with E-state index in [1.54, 1.807) is 24.3 Å². The highest BCUT2D eigenvalue weighted by molar-refractivity contribution is 7.89. The van der Waals surface area contributed by atoms with Gasteiger partial charge in [0, 0.05) is 23.8 Å². The molecule has 0 aliphatic carbocycles. The predicted molar refractivity (Wildman–Crippen MR) is 113 cm³/mol. The lowest BCUT2D eigenvalue weighted by Gasteiger charge is -2.14. The van der Waals surface area contributed by atoms with E-state index in [-0.39, 0.29) is 5.69 Å². The van der Waals surface area contributed by atoms with E-state index >= 15 is 0 Å². The number of nitro benzene ring substituents is 1. The van der Waals surface area contributed by atoms with Crippen LogP contribution in [-0.2, 0) is 24.3 Å². The molecule has 0 saturated carbocycles. The summed E-state index contributed by atoms with van der Waals surface area (Å²) < 4.78 is 31.6. The van der Waals surface area contributed by atoms with Gasteiger partial charge in [-0.05, 0) is 43.3 Å². The summed E-state index contributed by atoms with van der Waals surface area (Å²) >= 11 is 5.76. The van der Waals surface area contributed by atoms with Crippen molar-refractivity contribution in [3.8, 4) is 0 Å². The number of hydrogen-bond donors (Lipinski definition) is 3. The normalized spacial score (nSPS) is 12.0. The van der Waals surface area contributed by atoms with Crippen molar-refractivity contribution >= 4 is 50.6 Å². The number of carbonyl (C=O) groups excluding carboxylic acids is 2. The first-order valence-corrected chi connectivity index (χ1v) is 10.6. The predicted octanol–water partition coefficient (Wildman–Crippen LogP) is 2.14. The molecular formula is C18H19ClN4O7S. The number of hydrogen-bond acceptors (Lipinski definition) is 8. The quantitative estimate of drug-likeness (QED) is 0.286. The molecule has 166 valence electrons. The van der Waals surface area contributed by atoms with E-state index in [1.165, 1.54) is 20.0 Å². The molecule has 0 aliphatic rings. The van der Waals surface area contributed by atoms with E-state index in [9.17, 15) is 28.1 Å². The van der Waals surface area contributed by atoms with E-state index < -0.39 is 50.1 Å². The second-order valence-electron chi connectivity index (χ2n) is 6.14. The molecule has 0 bridgehead atoms. The van der Waals surface area contributed by atoms with Crippen molar-refractivity contribution in [3.05, 3.63) is 57.6 Å². The zero-order valence-electron chi connectivity index (χ0n) is 16.4. The Morgan fingerprint density at radius 2 is 1.84 bits per heavy atom. The second-order valence-corrected chi connectivity index (χ2v) is 8.34. The number of sulfonamides is 1. The number of amides is 1. The van der Waals surface area contributed by atoms with Crippen molar-refractivity contribution in [2.45, 2.75) is 17.9 Å². The van der Waals surface area contributed by atoms with Crippen molar-refractivity contribution in [2.24, 2.45) is 0 Å². The van der Waals surface area contributed by atoms with E-state index in [0.29, 0.717) is 10.7 Å². The van der Waals surface area contributed by atoms with E-state index in [1.807, 2.05) is 4.72 Å². The number of anilines is 2. The molecule has 0 aromatic heterocycles. The van der Waals surface area contributed by atoms with Crippen LogP contribution in [-0.4, -0.2) is 44.9 Å². The van der Waals surface area contributed by atoms with Crippen molar-refractivity contribution < 1.29 is 27.7 Å². The van der Waals surface area contributed by atoms with Gasteiger partial charge in [0.25, 0.3) is 11.6 Å². The molecule has 31 heavy (non-hydrogen) atoms. The molecule has 1 amide bonds. The van der Waals surface area contributed by atoms with Gasteiger partial charge in [0.05, 0.1) is 9.82 Å². The van der Waals surface area contributed by atoms with Gasteiger partial charge in [-0.2, -0.15) is 4.72 Å². The van der Waals surface area contributed by atoms with Gasteiger partial charge in [0.15, 0.2) is 6.10 Å². The fourth-order valence-electron chi connectivity index (χ4n) is 2.35. The summed E-state index contributed by atoms with van der Waals surface area (Å²) in [6.07, 6.45) is -1.20. The Balaban J connectivity index is 1.96. The average Bonchev–Trinajstić information content (AvgIpc) is 2.73. The van der Waals surface area contributed by atoms with Crippen molar-refractivity contribution in [2.75, 3.05) is 24.2 Å². The molecule has 11 nitrogen and oxygen atoms in total. The molecule has 1 atom stereocenters. The smallest absolute Gasteiger partial charge is 0.321 e. The minimum atomic E-state index is -4.24.